The Morgan fingerprint density at radius 1 is 1.24 bits per heavy atom. The molecule has 2 unspecified atom stereocenters. The van der Waals surface area contributed by atoms with Crippen LogP contribution in [0.3, 0.4) is 0 Å². The van der Waals surface area contributed by atoms with E-state index in [-0.39, 0.29) is 0 Å². The van der Waals surface area contributed by atoms with Crippen molar-refractivity contribution in [3.8, 4) is 0 Å². The molecule has 1 aliphatic heterocycles. The van der Waals surface area contributed by atoms with Gasteiger partial charge >= 0.3 is 0 Å². The minimum absolute atomic E-state index is 0.524. The minimum Gasteiger partial charge on any atom is -0.313 e. The molecule has 2 atom stereocenters. The van der Waals surface area contributed by atoms with Crippen molar-refractivity contribution in [2.24, 2.45) is 0 Å². The highest BCUT2D eigenvalue weighted by Crippen LogP contribution is 2.37. The first kappa shape index (κ1) is 15.4. The summed E-state index contributed by atoms with van der Waals surface area (Å²) < 4.78 is 0.524. The van der Waals surface area contributed by atoms with Crippen LogP contribution < -0.4 is 5.32 Å². The SMILES string of the molecule is CCCCCCCC(C)NCC1(C)CCCS1. The van der Waals surface area contributed by atoms with Crippen molar-refractivity contribution in [2.45, 2.75) is 82.9 Å². The van der Waals surface area contributed by atoms with Gasteiger partial charge in [-0.05, 0) is 38.9 Å². The van der Waals surface area contributed by atoms with Gasteiger partial charge in [0.25, 0.3) is 0 Å². The third-order valence-corrected chi connectivity index (χ3v) is 5.40. The lowest BCUT2D eigenvalue weighted by atomic mass is 10.0. The van der Waals surface area contributed by atoms with Gasteiger partial charge in [0.1, 0.15) is 0 Å². The molecule has 0 saturated carbocycles. The Bertz CT molecular complexity index is 187. The number of hydrogen-bond donors (Lipinski definition) is 1. The van der Waals surface area contributed by atoms with Gasteiger partial charge in [-0.25, -0.2) is 0 Å². The third kappa shape index (κ3) is 6.71. The molecular formula is C15H31NS. The molecule has 1 aliphatic rings. The standard InChI is InChI=1S/C15H31NS/c1-4-5-6-7-8-10-14(2)16-13-15(3)11-9-12-17-15/h14,16H,4-13H2,1-3H3. The van der Waals surface area contributed by atoms with E-state index in [4.69, 9.17) is 0 Å². The summed E-state index contributed by atoms with van der Waals surface area (Å²) in [5, 5.41) is 3.74. The van der Waals surface area contributed by atoms with Gasteiger partial charge in [0.15, 0.2) is 0 Å². The molecule has 1 rings (SSSR count). The number of hydrogen-bond acceptors (Lipinski definition) is 2. The lowest BCUT2D eigenvalue weighted by Gasteiger charge is -2.25. The molecule has 0 bridgehead atoms. The Hall–Kier alpha value is 0.310. The molecule has 0 aromatic carbocycles. The summed E-state index contributed by atoms with van der Waals surface area (Å²) in [4.78, 5) is 0. The summed E-state index contributed by atoms with van der Waals surface area (Å²) in [6, 6.07) is 0.703. The Balaban J connectivity index is 1.99. The van der Waals surface area contributed by atoms with Crippen LogP contribution in [-0.2, 0) is 0 Å². The van der Waals surface area contributed by atoms with Crippen molar-refractivity contribution < 1.29 is 0 Å². The zero-order chi connectivity index (χ0) is 12.6. The first-order chi connectivity index (χ1) is 8.16. The second kappa shape index (κ2) is 8.42. The topological polar surface area (TPSA) is 12.0 Å². The average Bonchev–Trinajstić information content (AvgIpc) is 2.74. The highest BCUT2D eigenvalue weighted by Gasteiger charge is 2.29. The lowest BCUT2D eigenvalue weighted by Crippen LogP contribution is -2.38. The molecule has 0 aromatic rings. The number of unbranched alkanes of at least 4 members (excludes halogenated alkanes) is 4. The van der Waals surface area contributed by atoms with E-state index in [1.54, 1.807) is 0 Å². The van der Waals surface area contributed by atoms with Gasteiger partial charge < -0.3 is 5.32 Å². The third-order valence-electron chi connectivity index (χ3n) is 3.87. The van der Waals surface area contributed by atoms with Crippen LogP contribution in [0.5, 0.6) is 0 Å². The number of nitrogens with one attached hydrogen (secondary N) is 1. The summed E-state index contributed by atoms with van der Waals surface area (Å²) in [6.07, 6.45) is 11.2. The van der Waals surface area contributed by atoms with E-state index in [2.05, 4.69) is 37.8 Å². The van der Waals surface area contributed by atoms with Crippen LogP contribution in [0.2, 0.25) is 0 Å². The van der Waals surface area contributed by atoms with Crippen molar-refractivity contribution in [3.05, 3.63) is 0 Å². The molecule has 0 amide bonds. The molecule has 0 aromatic heterocycles. The fourth-order valence-electron chi connectivity index (χ4n) is 2.52. The van der Waals surface area contributed by atoms with E-state index in [1.165, 1.54) is 63.7 Å². The van der Waals surface area contributed by atoms with E-state index < -0.39 is 0 Å². The monoisotopic (exact) mass is 257 g/mol. The summed E-state index contributed by atoms with van der Waals surface area (Å²) in [6.45, 7) is 8.26. The van der Waals surface area contributed by atoms with E-state index in [1.807, 2.05) is 0 Å². The Morgan fingerprint density at radius 2 is 2.00 bits per heavy atom. The zero-order valence-electron chi connectivity index (χ0n) is 12.1. The Morgan fingerprint density at radius 3 is 2.65 bits per heavy atom. The van der Waals surface area contributed by atoms with Crippen LogP contribution in [0.4, 0.5) is 0 Å². The molecule has 0 spiro atoms. The molecular weight excluding hydrogens is 226 g/mol. The molecule has 17 heavy (non-hydrogen) atoms. The molecule has 0 radical (unpaired) electrons. The van der Waals surface area contributed by atoms with Crippen LogP contribution in [0.1, 0.15) is 72.1 Å². The molecule has 1 heterocycles. The van der Waals surface area contributed by atoms with Crippen LogP contribution in [0, 0.1) is 0 Å². The first-order valence-corrected chi connectivity index (χ1v) is 8.52. The van der Waals surface area contributed by atoms with Crippen molar-refractivity contribution in [1.82, 2.24) is 5.32 Å². The van der Waals surface area contributed by atoms with E-state index >= 15 is 0 Å². The van der Waals surface area contributed by atoms with Gasteiger partial charge in [-0.2, -0.15) is 11.8 Å². The summed E-state index contributed by atoms with van der Waals surface area (Å²) in [5.74, 6) is 1.36. The van der Waals surface area contributed by atoms with Gasteiger partial charge in [-0.3, -0.25) is 0 Å². The van der Waals surface area contributed by atoms with Crippen LogP contribution in [0.25, 0.3) is 0 Å². The fraction of sp³-hybridized carbons (Fsp3) is 1.00. The van der Waals surface area contributed by atoms with E-state index in [0.29, 0.717) is 10.8 Å². The normalized spacial score (nSPS) is 26.3. The minimum atomic E-state index is 0.524. The van der Waals surface area contributed by atoms with Crippen molar-refractivity contribution >= 4 is 11.8 Å². The van der Waals surface area contributed by atoms with E-state index in [0.717, 1.165) is 0 Å². The van der Waals surface area contributed by atoms with Crippen molar-refractivity contribution in [3.63, 3.8) is 0 Å². The van der Waals surface area contributed by atoms with Crippen LogP contribution >= 0.6 is 11.8 Å². The fourth-order valence-corrected chi connectivity index (χ4v) is 3.78. The highest BCUT2D eigenvalue weighted by molar-refractivity contribution is 8.00. The highest BCUT2D eigenvalue weighted by atomic mass is 32.2. The average molecular weight is 257 g/mol. The number of thioether (sulfide) groups is 1. The summed E-state index contributed by atoms with van der Waals surface area (Å²) in [7, 11) is 0. The quantitative estimate of drug-likeness (QED) is 0.605. The van der Waals surface area contributed by atoms with Crippen LogP contribution in [-0.4, -0.2) is 23.1 Å². The maximum Gasteiger partial charge on any atom is 0.0256 e. The van der Waals surface area contributed by atoms with Gasteiger partial charge in [0.2, 0.25) is 0 Å². The van der Waals surface area contributed by atoms with Gasteiger partial charge in [-0.15, -0.1) is 0 Å². The second-order valence-electron chi connectivity index (χ2n) is 5.89. The molecule has 0 aliphatic carbocycles. The molecule has 1 N–H and O–H groups in total. The lowest BCUT2D eigenvalue weighted by molar-refractivity contribution is 0.444. The molecule has 1 fully saturated rings. The second-order valence-corrected chi connectivity index (χ2v) is 7.57. The maximum atomic E-state index is 3.74. The predicted octanol–water partition coefficient (Wildman–Crippen LogP) is 4.61. The molecule has 1 nitrogen and oxygen atoms in total. The maximum absolute atomic E-state index is 3.74. The molecule has 102 valence electrons. The Kier molecular flexibility index (Phi) is 7.61. The van der Waals surface area contributed by atoms with Gasteiger partial charge in [0.05, 0.1) is 0 Å². The predicted molar refractivity (Wildman–Crippen MR) is 80.9 cm³/mol. The van der Waals surface area contributed by atoms with Gasteiger partial charge in [0, 0.05) is 17.3 Å². The smallest absolute Gasteiger partial charge is 0.0256 e. The largest absolute Gasteiger partial charge is 0.313 e. The molecule has 2 heteroatoms. The first-order valence-electron chi connectivity index (χ1n) is 7.53. The molecule has 1 saturated heterocycles. The van der Waals surface area contributed by atoms with E-state index in [9.17, 15) is 0 Å². The summed E-state index contributed by atoms with van der Waals surface area (Å²) in [5.41, 5.74) is 0. The van der Waals surface area contributed by atoms with Crippen molar-refractivity contribution in [1.29, 1.82) is 0 Å². The zero-order valence-corrected chi connectivity index (χ0v) is 12.9. The summed E-state index contributed by atoms with van der Waals surface area (Å²) >= 11 is 2.16. The van der Waals surface area contributed by atoms with Crippen molar-refractivity contribution in [2.75, 3.05) is 12.3 Å². The van der Waals surface area contributed by atoms with Gasteiger partial charge in [-0.1, -0.05) is 39.0 Å². The number of rotatable bonds is 9. The Labute approximate surface area is 113 Å². The van der Waals surface area contributed by atoms with Crippen LogP contribution in [0.15, 0.2) is 0 Å².